The van der Waals surface area contributed by atoms with Crippen molar-refractivity contribution in [3.8, 4) is 0 Å². The maximum atomic E-state index is 6.50. The molecule has 0 fully saturated rings. The summed E-state index contributed by atoms with van der Waals surface area (Å²) in [6.07, 6.45) is 0. The normalized spacial score (nSPS) is 16.4. The van der Waals surface area contributed by atoms with Crippen LogP contribution in [0.2, 0.25) is 5.02 Å². The molecule has 1 aliphatic rings. The van der Waals surface area contributed by atoms with E-state index in [0.29, 0.717) is 11.0 Å². The Bertz CT molecular complexity index is 833. The molecule has 0 saturated carbocycles. The van der Waals surface area contributed by atoms with Gasteiger partial charge in [0.2, 0.25) is 11.9 Å². The highest BCUT2D eigenvalue weighted by atomic mass is 35.5. The van der Waals surface area contributed by atoms with Crippen LogP contribution in [-0.4, -0.2) is 17.6 Å². The van der Waals surface area contributed by atoms with E-state index >= 15 is 0 Å². The third kappa shape index (κ3) is 3.91. The summed E-state index contributed by atoms with van der Waals surface area (Å²) in [5.41, 5.74) is 13.1. The minimum Gasteiger partial charge on any atom is -0.369 e. The number of benzene rings is 2. The fourth-order valence-corrected chi connectivity index (χ4v) is 3.97. The van der Waals surface area contributed by atoms with Gasteiger partial charge in [-0.15, -0.1) is 11.8 Å². The first-order valence-electron chi connectivity index (χ1n) is 7.83. The van der Waals surface area contributed by atoms with Gasteiger partial charge in [-0.1, -0.05) is 35.9 Å². The van der Waals surface area contributed by atoms with Crippen molar-refractivity contribution in [2.45, 2.75) is 30.2 Å². The molecular weight excluding hydrogens is 354 g/mol. The Kier molecular flexibility index (Phi) is 4.92. The maximum Gasteiger partial charge on any atom is 0.220 e. The lowest BCUT2D eigenvalue weighted by atomic mass is 10.1. The maximum absolute atomic E-state index is 6.50. The average Bonchev–Trinajstić information content (AvgIpc) is 2.53. The second-order valence-corrected chi connectivity index (χ2v) is 7.60. The lowest BCUT2D eigenvalue weighted by molar-refractivity contribution is 0.534. The number of nitrogens with two attached hydrogens (primary N) is 2. The Balaban J connectivity index is 1.81. The van der Waals surface area contributed by atoms with Crippen LogP contribution in [0.3, 0.4) is 0 Å². The van der Waals surface area contributed by atoms with Gasteiger partial charge in [-0.05, 0) is 43.7 Å². The molecule has 0 unspecified atom stereocenters. The van der Waals surface area contributed by atoms with Crippen molar-refractivity contribution in [1.82, 2.24) is 0 Å². The molecule has 0 saturated heterocycles. The largest absolute Gasteiger partial charge is 0.369 e. The predicted octanol–water partition coefficient (Wildman–Crippen LogP) is 3.82. The number of rotatable bonds is 4. The van der Waals surface area contributed by atoms with E-state index in [1.807, 2.05) is 55.1 Å². The fourth-order valence-electron chi connectivity index (χ4n) is 2.72. The number of hydrogen-bond acceptors (Lipinski definition) is 6. The Morgan fingerprint density at radius 1 is 1.12 bits per heavy atom. The molecule has 0 atom stereocenters. The molecule has 0 amide bonds. The van der Waals surface area contributed by atoms with E-state index in [9.17, 15) is 0 Å². The van der Waals surface area contributed by atoms with E-state index in [1.54, 1.807) is 11.8 Å². The molecule has 3 rings (SSSR count). The topological polar surface area (TPSA) is 80.0 Å². The Morgan fingerprint density at radius 3 is 2.48 bits per heavy atom. The summed E-state index contributed by atoms with van der Waals surface area (Å²) in [5.74, 6) is 1.28. The van der Waals surface area contributed by atoms with Crippen LogP contribution >= 0.6 is 23.4 Å². The SMILES string of the molecule is CC1(C)N=C(N)N=C(N)N1c1ccc(CSc2ccccc2)c(Cl)c1. The number of thioether (sulfide) groups is 1. The van der Waals surface area contributed by atoms with Gasteiger partial charge < -0.3 is 11.5 Å². The molecular formula is C18H20ClN5S. The van der Waals surface area contributed by atoms with Crippen molar-refractivity contribution in [3.63, 3.8) is 0 Å². The molecule has 2 aromatic rings. The zero-order valence-corrected chi connectivity index (χ0v) is 15.7. The van der Waals surface area contributed by atoms with Crippen molar-refractivity contribution in [2.24, 2.45) is 21.5 Å². The van der Waals surface area contributed by atoms with Crippen LogP contribution < -0.4 is 16.4 Å². The van der Waals surface area contributed by atoms with Gasteiger partial charge in [-0.2, -0.15) is 4.99 Å². The van der Waals surface area contributed by atoms with Crippen LogP contribution in [0.15, 0.2) is 63.4 Å². The van der Waals surface area contributed by atoms with Crippen LogP contribution in [0.5, 0.6) is 0 Å². The van der Waals surface area contributed by atoms with Gasteiger partial charge in [-0.25, -0.2) is 4.99 Å². The molecule has 130 valence electrons. The smallest absolute Gasteiger partial charge is 0.220 e. The van der Waals surface area contributed by atoms with Gasteiger partial charge in [0, 0.05) is 21.4 Å². The van der Waals surface area contributed by atoms with Crippen molar-refractivity contribution in [1.29, 1.82) is 0 Å². The monoisotopic (exact) mass is 373 g/mol. The van der Waals surface area contributed by atoms with Crippen LogP contribution in [0.4, 0.5) is 5.69 Å². The molecule has 1 aliphatic heterocycles. The zero-order valence-electron chi connectivity index (χ0n) is 14.1. The van der Waals surface area contributed by atoms with Crippen LogP contribution in [0.1, 0.15) is 19.4 Å². The zero-order chi connectivity index (χ0) is 18.0. The van der Waals surface area contributed by atoms with Gasteiger partial charge in [-0.3, -0.25) is 4.90 Å². The molecule has 0 aromatic heterocycles. The van der Waals surface area contributed by atoms with Crippen molar-refractivity contribution < 1.29 is 0 Å². The Hall–Kier alpha value is -2.18. The predicted molar refractivity (Wildman–Crippen MR) is 107 cm³/mol. The van der Waals surface area contributed by atoms with E-state index in [1.165, 1.54) is 4.90 Å². The van der Waals surface area contributed by atoms with Gasteiger partial charge in [0.1, 0.15) is 5.66 Å². The van der Waals surface area contributed by atoms with Crippen LogP contribution in [0, 0.1) is 0 Å². The molecule has 5 nitrogen and oxygen atoms in total. The molecule has 25 heavy (non-hydrogen) atoms. The molecule has 4 N–H and O–H groups in total. The number of anilines is 1. The summed E-state index contributed by atoms with van der Waals surface area (Å²) < 4.78 is 0. The molecule has 0 bridgehead atoms. The van der Waals surface area contributed by atoms with E-state index < -0.39 is 5.66 Å². The highest BCUT2D eigenvalue weighted by Gasteiger charge is 2.33. The second-order valence-electron chi connectivity index (χ2n) is 6.15. The van der Waals surface area contributed by atoms with E-state index in [0.717, 1.165) is 17.0 Å². The fraction of sp³-hybridized carbons (Fsp3) is 0.222. The summed E-state index contributed by atoms with van der Waals surface area (Å²) in [6.45, 7) is 3.85. The first-order chi connectivity index (χ1) is 11.9. The third-order valence-corrected chi connectivity index (χ3v) is 5.24. The van der Waals surface area contributed by atoms with E-state index in [-0.39, 0.29) is 5.96 Å². The van der Waals surface area contributed by atoms with E-state index in [4.69, 9.17) is 23.1 Å². The van der Waals surface area contributed by atoms with Gasteiger partial charge in [0.15, 0.2) is 0 Å². The van der Waals surface area contributed by atoms with E-state index in [2.05, 4.69) is 22.1 Å². The molecule has 0 aliphatic carbocycles. The van der Waals surface area contributed by atoms with Crippen molar-refractivity contribution in [3.05, 3.63) is 59.1 Å². The summed E-state index contributed by atoms with van der Waals surface area (Å²) >= 11 is 8.25. The number of guanidine groups is 2. The van der Waals surface area contributed by atoms with Gasteiger partial charge in [0.05, 0.1) is 0 Å². The summed E-state index contributed by atoms with van der Waals surface area (Å²) in [7, 11) is 0. The summed E-state index contributed by atoms with van der Waals surface area (Å²) in [6, 6.07) is 16.1. The standard InChI is InChI=1S/C18H20ClN5S/c1-18(2)23-16(20)22-17(21)24(18)13-9-8-12(15(19)10-13)11-25-14-6-4-3-5-7-14/h3-10H,11H2,1-2H3,(H4,20,21,22,23). The highest BCUT2D eigenvalue weighted by Crippen LogP contribution is 2.33. The summed E-state index contributed by atoms with van der Waals surface area (Å²) in [5, 5.41) is 0.687. The lowest BCUT2D eigenvalue weighted by Gasteiger charge is -2.38. The second kappa shape index (κ2) is 6.98. The first kappa shape index (κ1) is 17.6. The summed E-state index contributed by atoms with van der Waals surface area (Å²) in [4.78, 5) is 11.5. The molecule has 0 spiro atoms. The number of halogens is 1. The Labute approximate surface area is 156 Å². The number of nitrogens with zero attached hydrogens (tertiary/aromatic N) is 3. The lowest BCUT2D eigenvalue weighted by Crippen LogP contribution is -2.54. The van der Waals surface area contributed by atoms with Gasteiger partial charge >= 0.3 is 0 Å². The average molecular weight is 374 g/mol. The third-order valence-electron chi connectivity index (χ3n) is 3.83. The quantitative estimate of drug-likeness (QED) is 0.798. The van der Waals surface area contributed by atoms with Crippen molar-refractivity contribution in [2.75, 3.05) is 4.90 Å². The van der Waals surface area contributed by atoms with Crippen molar-refractivity contribution >= 4 is 41.0 Å². The van der Waals surface area contributed by atoms with Crippen LogP contribution in [-0.2, 0) is 5.75 Å². The highest BCUT2D eigenvalue weighted by molar-refractivity contribution is 7.98. The molecule has 1 heterocycles. The number of hydrogen-bond donors (Lipinski definition) is 2. The Morgan fingerprint density at radius 2 is 1.84 bits per heavy atom. The molecule has 2 aromatic carbocycles. The molecule has 7 heteroatoms. The van der Waals surface area contributed by atoms with Gasteiger partial charge in [0.25, 0.3) is 0 Å². The number of aliphatic imine (C=N–C) groups is 2. The van der Waals surface area contributed by atoms with Crippen LogP contribution in [0.25, 0.3) is 0 Å². The first-order valence-corrected chi connectivity index (χ1v) is 9.19. The molecule has 0 radical (unpaired) electrons. The minimum absolute atomic E-state index is 0.181. The minimum atomic E-state index is -0.625.